The van der Waals surface area contributed by atoms with Gasteiger partial charge in [0.15, 0.2) is 0 Å². The molecule has 0 aliphatic carbocycles. The zero-order chi connectivity index (χ0) is 22.8. The second-order valence-electron chi connectivity index (χ2n) is 8.26. The molecule has 4 aromatic rings. The van der Waals surface area contributed by atoms with E-state index in [0.717, 1.165) is 35.0 Å². The minimum atomic E-state index is -0.122. The molecule has 164 valence electrons. The van der Waals surface area contributed by atoms with Crippen LogP contribution in [0.3, 0.4) is 0 Å². The van der Waals surface area contributed by atoms with E-state index in [1.165, 1.54) is 10.8 Å². The van der Waals surface area contributed by atoms with Crippen LogP contribution in [0.2, 0.25) is 0 Å². The monoisotopic (exact) mass is 434 g/mol. The number of hydrogen-bond donors (Lipinski definition) is 2. The van der Waals surface area contributed by atoms with Crippen molar-refractivity contribution in [3.05, 3.63) is 103 Å². The second kappa shape index (κ2) is 8.71. The number of benzene rings is 4. The number of carbonyl (C=O) groups is 1. The molecule has 0 radical (unpaired) electrons. The van der Waals surface area contributed by atoms with Gasteiger partial charge in [-0.15, -0.1) is 0 Å². The Morgan fingerprint density at radius 2 is 1.67 bits per heavy atom. The molecule has 2 N–H and O–H groups in total. The minimum Gasteiger partial charge on any atom is -0.379 e. The summed E-state index contributed by atoms with van der Waals surface area (Å²) in [4.78, 5) is 16.8. The van der Waals surface area contributed by atoms with Crippen molar-refractivity contribution in [2.75, 3.05) is 41.1 Å². The first kappa shape index (κ1) is 20.6. The topological polar surface area (TPSA) is 47.6 Å². The Bertz CT molecular complexity index is 1320. The summed E-state index contributed by atoms with van der Waals surface area (Å²) in [6, 6.07) is 28.2. The maximum absolute atomic E-state index is 12.7. The lowest BCUT2D eigenvalue weighted by Gasteiger charge is -2.23. The van der Waals surface area contributed by atoms with Crippen molar-refractivity contribution < 1.29 is 4.79 Å². The van der Waals surface area contributed by atoms with Gasteiger partial charge in [0.1, 0.15) is 0 Å². The summed E-state index contributed by atoms with van der Waals surface area (Å²) in [5.41, 5.74) is 5.70. The van der Waals surface area contributed by atoms with Gasteiger partial charge >= 0.3 is 0 Å². The van der Waals surface area contributed by atoms with Crippen LogP contribution >= 0.6 is 0 Å². The molecule has 5 rings (SSSR count). The summed E-state index contributed by atoms with van der Waals surface area (Å²) in [6.07, 6.45) is 4.20. The third-order valence-corrected chi connectivity index (χ3v) is 5.87. The number of fused-ring (bicyclic) bond motifs is 3. The summed E-state index contributed by atoms with van der Waals surface area (Å²) in [7, 11) is 3.96. The standard InChI is InChI=1S/C28H26N4O/c1-31(2)23-13-8-21(9-14-23)28(33)30-22-11-15-24(16-12-22)32-19-5-18-29-27-25-7-4-3-6-20(25)10-17-26(27)32/h3-17,19,29H,18H2,1-2H3,(H,30,33). The normalized spacial score (nSPS) is 12.6. The molecule has 0 aromatic heterocycles. The molecule has 0 saturated carbocycles. The molecule has 0 unspecified atom stereocenters. The molecule has 1 aliphatic rings. The molecule has 5 nitrogen and oxygen atoms in total. The molecular formula is C28H26N4O. The van der Waals surface area contributed by atoms with Crippen molar-refractivity contribution in [1.82, 2.24) is 0 Å². The highest BCUT2D eigenvalue weighted by molar-refractivity contribution is 6.05. The van der Waals surface area contributed by atoms with Crippen LogP contribution in [0.1, 0.15) is 10.4 Å². The Kier molecular flexibility index (Phi) is 5.45. The molecule has 1 heterocycles. The zero-order valence-electron chi connectivity index (χ0n) is 18.7. The molecule has 0 fully saturated rings. The molecule has 1 amide bonds. The van der Waals surface area contributed by atoms with Crippen LogP contribution < -0.4 is 20.4 Å². The van der Waals surface area contributed by atoms with Crippen molar-refractivity contribution in [2.45, 2.75) is 0 Å². The molecule has 33 heavy (non-hydrogen) atoms. The molecule has 1 aliphatic heterocycles. The predicted molar refractivity (Wildman–Crippen MR) is 139 cm³/mol. The van der Waals surface area contributed by atoms with Gasteiger partial charge in [0.25, 0.3) is 5.91 Å². The number of amides is 1. The number of anilines is 5. The number of hydrogen-bond acceptors (Lipinski definition) is 4. The number of nitrogens with one attached hydrogen (secondary N) is 2. The van der Waals surface area contributed by atoms with Crippen LogP contribution in [0.25, 0.3) is 10.8 Å². The molecule has 4 aromatic carbocycles. The Morgan fingerprint density at radius 3 is 2.42 bits per heavy atom. The van der Waals surface area contributed by atoms with Crippen molar-refractivity contribution in [2.24, 2.45) is 0 Å². The average molecular weight is 435 g/mol. The Labute approximate surface area is 194 Å². The Hall–Kier alpha value is -4.25. The molecule has 0 bridgehead atoms. The van der Waals surface area contributed by atoms with Crippen LogP contribution in [-0.4, -0.2) is 26.5 Å². The van der Waals surface area contributed by atoms with Crippen LogP contribution in [0, 0.1) is 0 Å². The fourth-order valence-electron chi connectivity index (χ4n) is 4.09. The highest BCUT2D eigenvalue weighted by atomic mass is 16.1. The van der Waals surface area contributed by atoms with E-state index in [1.54, 1.807) is 0 Å². The highest BCUT2D eigenvalue weighted by Gasteiger charge is 2.16. The van der Waals surface area contributed by atoms with Gasteiger partial charge in [0.05, 0.1) is 11.4 Å². The van der Waals surface area contributed by atoms with Crippen molar-refractivity contribution in [1.29, 1.82) is 0 Å². The average Bonchev–Trinajstić information content (AvgIpc) is 3.07. The first-order valence-corrected chi connectivity index (χ1v) is 11.0. The Morgan fingerprint density at radius 1 is 0.909 bits per heavy atom. The third-order valence-electron chi connectivity index (χ3n) is 5.87. The summed E-state index contributed by atoms with van der Waals surface area (Å²) < 4.78 is 0. The van der Waals surface area contributed by atoms with Crippen molar-refractivity contribution >= 4 is 45.1 Å². The lowest BCUT2D eigenvalue weighted by Crippen LogP contribution is -2.13. The van der Waals surface area contributed by atoms with Crippen LogP contribution in [-0.2, 0) is 0 Å². The number of nitrogens with zero attached hydrogens (tertiary/aromatic N) is 2. The number of rotatable bonds is 4. The van der Waals surface area contributed by atoms with Gasteiger partial charge in [-0.05, 0) is 66.1 Å². The van der Waals surface area contributed by atoms with Crippen molar-refractivity contribution in [3.8, 4) is 0 Å². The van der Waals surface area contributed by atoms with E-state index in [0.29, 0.717) is 5.56 Å². The van der Waals surface area contributed by atoms with Crippen molar-refractivity contribution in [3.63, 3.8) is 0 Å². The minimum absolute atomic E-state index is 0.122. The molecule has 5 heteroatoms. The van der Waals surface area contributed by atoms with Gasteiger partial charge < -0.3 is 20.4 Å². The second-order valence-corrected chi connectivity index (χ2v) is 8.26. The quantitative estimate of drug-likeness (QED) is 0.399. The molecular weight excluding hydrogens is 408 g/mol. The first-order chi connectivity index (χ1) is 16.1. The lowest BCUT2D eigenvalue weighted by atomic mass is 10.1. The molecule has 0 atom stereocenters. The predicted octanol–water partition coefficient (Wildman–Crippen LogP) is 6.24. The van der Waals surface area contributed by atoms with Gasteiger partial charge in [-0.3, -0.25) is 4.79 Å². The van der Waals surface area contributed by atoms with Gasteiger partial charge in [-0.1, -0.05) is 30.3 Å². The summed E-state index contributed by atoms with van der Waals surface area (Å²) >= 11 is 0. The summed E-state index contributed by atoms with van der Waals surface area (Å²) in [5, 5.41) is 8.95. The van der Waals surface area contributed by atoms with Gasteiger partial charge in [-0.25, -0.2) is 0 Å². The SMILES string of the molecule is CN(C)c1ccc(C(=O)Nc2ccc(N3C=CCNc4c3ccc3ccccc43)cc2)cc1. The van der Waals surface area contributed by atoms with Gasteiger partial charge in [0, 0.05) is 54.9 Å². The summed E-state index contributed by atoms with van der Waals surface area (Å²) in [5.74, 6) is -0.122. The van der Waals surface area contributed by atoms with E-state index in [9.17, 15) is 4.79 Å². The van der Waals surface area contributed by atoms with E-state index < -0.39 is 0 Å². The van der Waals surface area contributed by atoms with Crippen LogP contribution in [0.4, 0.5) is 28.4 Å². The smallest absolute Gasteiger partial charge is 0.255 e. The van der Waals surface area contributed by atoms with Gasteiger partial charge in [-0.2, -0.15) is 0 Å². The van der Waals surface area contributed by atoms with E-state index in [1.807, 2.05) is 67.5 Å². The largest absolute Gasteiger partial charge is 0.379 e. The van der Waals surface area contributed by atoms with E-state index in [4.69, 9.17) is 0 Å². The Balaban J connectivity index is 1.38. The number of carbonyl (C=O) groups excluding carboxylic acids is 1. The molecule has 0 saturated heterocycles. The third kappa shape index (κ3) is 4.13. The fourth-order valence-corrected chi connectivity index (χ4v) is 4.09. The highest BCUT2D eigenvalue weighted by Crippen LogP contribution is 2.39. The van der Waals surface area contributed by atoms with Crippen LogP contribution in [0.15, 0.2) is 97.2 Å². The summed E-state index contributed by atoms with van der Waals surface area (Å²) in [6.45, 7) is 0.762. The molecule has 0 spiro atoms. The fraction of sp³-hybridized carbons (Fsp3) is 0.107. The van der Waals surface area contributed by atoms with Crippen LogP contribution in [0.5, 0.6) is 0 Å². The maximum atomic E-state index is 12.7. The zero-order valence-corrected chi connectivity index (χ0v) is 18.7. The first-order valence-electron chi connectivity index (χ1n) is 11.0. The van der Waals surface area contributed by atoms with E-state index in [2.05, 4.69) is 64.2 Å². The van der Waals surface area contributed by atoms with E-state index >= 15 is 0 Å². The van der Waals surface area contributed by atoms with Gasteiger partial charge in [0.2, 0.25) is 0 Å². The van der Waals surface area contributed by atoms with E-state index in [-0.39, 0.29) is 5.91 Å². The maximum Gasteiger partial charge on any atom is 0.255 e. The lowest BCUT2D eigenvalue weighted by molar-refractivity contribution is 0.102.